The van der Waals surface area contributed by atoms with Crippen molar-refractivity contribution in [3.63, 3.8) is 0 Å². The Kier molecular flexibility index (Phi) is 4.50. The third-order valence-corrected chi connectivity index (χ3v) is 2.76. The predicted molar refractivity (Wildman–Crippen MR) is 78.9 cm³/mol. The molecule has 0 radical (unpaired) electrons. The second kappa shape index (κ2) is 6.52. The molecular formula is C16H15NO3. The molecule has 4 nitrogen and oxygen atoms in total. The Morgan fingerprint density at radius 1 is 1.15 bits per heavy atom. The quantitative estimate of drug-likeness (QED) is 0.470. The first-order chi connectivity index (χ1) is 9.70. The van der Waals surface area contributed by atoms with E-state index in [-0.39, 0.29) is 10.6 Å². The lowest BCUT2D eigenvalue weighted by molar-refractivity contribution is -0.374. The minimum absolute atomic E-state index is 0.0785. The number of hydrogen-bond acceptors (Lipinski definition) is 3. The van der Waals surface area contributed by atoms with Crippen molar-refractivity contribution in [2.24, 2.45) is 0 Å². The van der Waals surface area contributed by atoms with Crippen LogP contribution in [0.15, 0.2) is 54.6 Å². The third-order valence-electron chi connectivity index (χ3n) is 2.76. The average molecular weight is 269 g/mol. The molecule has 0 atom stereocenters. The van der Waals surface area contributed by atoms with Gasteiger partial charge in [0.15, 0.2) is 0 Å². The molecule has 0 bridgehead atoms. The van der Waals surface area contributed by atoms with Crippen molar-refractivity contribution in [2.45, 2.75) is 6.92 Å². The number of rotatable bonds is 5. The Morgan fingerprint density at radius 3 is 2.35 bits per heavy atom. The van der Waals surface area contributed by atoms with E-state index in [1.54, 1.807) is 54.6 Å². The highest BCUT2D eigenvalue weighted by Crippen LogP contribution is 2.20. The van der Waals surface area contributed by atoms with Crippen LogP contribution in [0.2, 0.25) is 0 Å². The molecule has 0 saturated heterocycles. The van der Waals surface area contributed by atoms with Gasteiger partial charge in [-0.3, -0.25) is 10.1 Å². The van der Waals surface area contributed by atoms with E-state index < -0.39 is 0 Å². The van der Waals surface area contributed by atoms with Gasteiger partial charge < -0.3 is 4.74 Å². The van der Waals surface area contributed by atoms with Gasteiger partial charge in [-0.1, -0.05) is 30.3 Å². The normalized spacial score (nSPS) is 11.2. The summed E-state index contributed by atoms with van der Waals surface area (Å²) < 4.78 is 5.34. The van der Waals surface area contributed by atoms with Gasteiger partial charge in [0, 0.05) is 6.08 Å². The first kappa shape index (κ1) is 13.8. The molecule has 0 heterocycles. The first-order valence-corrected chi connectivity index (χ1v) is 6.35. The number of nitrogens with zero attached hydrogens (tertiary/aromatic N) is 1. The monoisotopic (exact) mass is 269 g/mol. The lowest BCUT2D eigenvalue weighted by atomic mass is 10.1. The van der Waals surface area contributed by atoms with Crippen LogP contribution in [-0.4, -0.2) is 11.5 Å². The lowest BCUT2D eigenvalue weighted by Gasteiger charge is -2.03. The highest BCUT2D eigenvalue weighted by Gasteiger charge is 2.13. The first-order valence-electron chi connectivity index (χ1n) is 6.35. The topological polar surface area (TPSA) is 52.4 Å². The summed E-state index contributed by atoms with van der Waals surface area (Å²) in [4.78, 5) is 10.8. The molecule has 2 aromatic rings. The maximum Gasteiger partial charge on any atom is 0.277 e. The number of nitro groups is 1. The van der Waals surface area contributed by atoms with Gasteiger partial charge in [-0.05, 0) is 36.8 Å². The van der Waals surface area contributed by atoms with Gasteiger partial charge in [0.1, 0.15) is 5.75 Å². The molecular weight excluding hydrogens is 254 g/mol. The molecule has 0 aliphatic heterocycles. The van der Waals surface area contributed by atoms with E-state index >= 15 is 0 Å². The lowest BCUT2D eigenvalue weighted by Crippen LogP contribution is -1.97. The van der Waals surface area contributed by atoms with Crippen LogP contribution in [0.1, 0.15) is 18.1 Å². The SMILES string of the molecule is CCOc1ccc(C=C(c2ccccc2)[N+](=O)[O-])cc1. The predicted octanol–water partition coefficient (Wildman–Crippen LogP) is 3.86. The molecule has 0 aromatic heterocycles. The molecule has 20 heavy (non-hydrogen) atoms. The smallest absolute Gasteiger partial charge is 0.277 e. The van der Waals surface area contributed by atoms with Gasteiger partial charge in [0.05, 0.1) is 17.1 Å². The summed E-state index contributed by atoms with van der Waals surface area (Å²) in [5, 5.41) is 11.2. The molecule has 2 rings (SSSR count). The van der Waals surface area contributed by atoms with Crippen molar-refractivity contribution in [2.75, 3.05) is 6.61 Å². The van der Waals surface area contributed by atoms with Gasteiger partial charge >= 0.3 is 0 Å². The van der Waals surface area contributed by atoms with Crippen molar-refractivity contribution in [1.82, 2.24) is 0 Å². The standard InChI is InChI=1S/C16H15NO3/c1-2-20-15-10-8-13(9-11-15)12-16(17(18)19)14-6-4-3-5-7-14/h3-12H,2H2,1H3. The Morgan fingerprint density at radius 2 is 1.80 bits per heavy atom. The molecule has 0 unspecified atom stereocenters. The van der Waals surface area contributed by atoms with Gasteiger partial charge in [-0.25, -0.2) is 0 Å². The zero-order chi connectivity index (χ0) is 14.4. The molecule has 2 aromatic carbocycles. The Balaban J connectivity index is 2.32. The maximum absolute atomic E-state index is 11.2. The van der Waals surface area contributed by atoms with Crippen molar-refractivity contribution in [1.29, 1.82) is 0 Å². The van der Waals surface area contributed by atoms with E-state index in [0.29, 0.717) is 12.2 Å². The summed E-state index contributed by atoms with van der Waals surface area (Å²) in [6.07, 6.45) is 1.56. The maximum atomic E-state index is 11.2. The van der Waals surface area contributed by atoms with Gasteiger partial charge in [0.2, 0.25) is 0 Å². The molecule has 0 aliphatic rings. The molecule has 0 N–H and O–H groups in total. The molecule has 0 aliphatic carbocycles. The highest BCUT2D eigenvalue weighted by atomic mass is 16.6. The fourth-order valence-corrected chi connectivity index (χ4v) is 1.84. The fourth-order valence-electron chi connectivity index (χ4n) is 1.84. The molecule has 0 spiro atoms. The number of hydrogen-bond donors (Lipinski definition) is 0. The summed E-state index contributed by atoms with van der Waals surface area (Å²) in [6, 6.07) is 16.1. The van der Waals surface area contributed by atoms with Crippen LogP contribution in [0.4, 0.5) is 0 Å². The summed E-state index contributed by atoms with van der Waals surface area (Å²) in [7, 11) is 0. The van der Waals surface area contributed by atoms with Crippen molar-refractivity contribution in [3.8, 4) is 5.75 Å². The zero-order valence-corrected chi connectivity index (χ0v) is 11.2. The van der Waals surface area contributed by atoms with Crippen LogP contribution in [-0.2, 0) is 0 Å². The van der Waals surface area contributed by atoms with Crippen LogP contribution in [0.5, 0.6) is 5.75 Å². The second-order valence-corrected chi connectivity index (χ2v) is 4.15. The average Bonchev–Trinajstić information content (AvgIpc) is 2.47. The van der Waals surface area contributed by atoms with Crippen LogP contribution in [0.3, 0.4) is 0 Å². The van der Waals surface area contributed by atoms with Crippen LogP contribution >= 0.6 is 0 Å². The summed E-state index contributed by atoms with van der Waals surface area (Å²) >= 11 is 0. The third kappa shape index (κ3) is 3.45. The fraction of sp³-hybridized carbons (Fsp3) is 0.125. The van der Waals surface area contributed by atoms with Crippen molar-refractivity contribution >= 4 is 11.8 Å². The Hall–Kier alpha value is -2.62. The minimum Gasteiger partial charge on any atom is -0.494 e. The largest absolute Gasteiger partial charge is 0.494 e. The van der Waals surface area contributed by atoms with Crippen LogP contribution < -0.4 is 4.74 Å². The van der Waals surface area contributed by atoms with E-state index in [2.05, 4.69) is 0 Å². The highest BCUT2D eigenvalue weighted by molar-refractivity contribution is 5.76. The van der Waals surface area contributed by atoms with E-state index in [1.807, 2.05) is 13.0 Å². The summed E-state index contributed by atoms with van der Waals surface area (Å²) in [5.41, 5.74) is 1.44. The molecule has 0 fully saturated rings. The van der Waals surface area contributed by atoms with Crippen molar-refractivity contribution in [3.05, 3.63) is 75.8 Å². The second-order valence-electron chi connectivity index (χ2n) is 4.15. The zero-order valence-electron chi connectivity index (χ0n) is 11.2. The molecule has 4 heteroatoms. The molecule has 0 amide bonds. The Labute approximate surface area is 117 Å². The molecule has 0 saturated carbocycles. The van der Waals surface area contributed by atoms with E-state index in [1.165, 1.54) is 0 Å². The van der Waals surface area contributed by atoms with Gasteiger partial charge in [-0.15, -0.1) is 0 Å². The van der Waals surface area contributed by atoms with Gasteiger partial charge in [0.25, 0.3) is 5.70 Å². The van der Waals surface area contributed by atoms with E-state index in [9.17, 15) is 10.1 Å². The molecule has 102 valence electrons. The van der Waals surface area contributed by atoms with Crippen molar-refractivity contribution < 1.29 is 9.66 Å². The minimum atomic E-state index is -0.369. The van der Waals surface area contributed by atoms with Crippen LogP contribution in [0, 0.1) is 10.1 Å². The van der Waals surface area contributed by atoms with Gasteiger partial charge in [-0.2, -0.15) is 0 Å². The summed E-state index contributed by atoms with van der Waals surface area (Å²) in [5.74, 6) is 0.756. The number of ether oxygens (including phenoxy) is 1. The van der Waals surface area contributed by atoms with E-state index in [0.717, 1.165) is 11.3 Å². The van der Waals surface area contributed by atoms with E-state index in [4.69, 9.17) is 4.74 Å². The van der Waals surface area contributed by atoms with Crippen LogP contribution in [0.25, 0.3) is 11.8 Å². The Bertz CT molecular complexity index is 603. The number of benzene rings is 2. The summed E-state index contributed by atoms with van der Waals surface area (Å²) in [6.45, 7) is 2.51.